The number of rotatable bonds is 5. The van der Waals surface area contributed by atoms with Crippen LogP contribution in [0.1, 0.15) is 78.6 Å². The Kier molecular flexibility index (Phi) is 5.53. The number of hydrogen-bond acceptors (Lipinski definition) is 2. The average molecular weight is 280 g/mol. The van der Waals surface area contributed by atoms with Gasteiger partial charge in [0.25, 0.3) is 0 Å². The average Bonchev–Trinajstić information content (AvgIpc) is 2.55. The van der Waals surface area contributed by atoms with E-state index in [0.29, 0.717) is 5.41 Å². The summed E-state index contributed by atoms with van der Waals surface area (Å²) < 4.78 is 0. The van der Waals surface area contributed by atoms with Crippen LogP contribution in [0.3, 0.4) is 0 Å². The molecule has 0 aromatic heterocycles. The van der Waals surface area contributed by atoms with Gasteiger partial charge >= 0.3 is 0 Å². The first-order chi connectivity index (χ1) is 9.45. The monoisotopic (exact) mass is 280 g/mol. The highest BCUT2D eigenvalue weighted by molar-refractivity contribution is 4.94. The van der Waals surface area contributed by atoms with E-state index in [1.807, 2.05) is 0 Å². The van der Waals surface area contributed by atoms with Crippen molar-refractivity contribution in [2.75, 3.05) is 13.1 Å². The Balaban J connectivity index is 1.82. The molecule has 2 saturated carbocycles. The van der Waals surface area contributed by atoms with Crippen LogP contribution >= 0.6 is 0 Å². The minimum atomic E-state index is 0.240. The third-order valence-electron chi connectivity index (χ3n) is 6.07. The molecule has 0 aliphatic heterocycles. The minimum absolute atomic E-state index is 0.240. The predicted octanol–water partition coefficient (Wildman–Crippen LogP) is 4.09. The summed E-state index contributed by atoms with van der Waals surface area (Å²) in [5.41, 5.74) is 6.86. The minimum Gasteiger partial charge on any atom is -0.329 e. The molecule has 2 nitrogen and oxygen atoms in total. The molecular formula is C18H36N2. The summed E-state index contributed by atoms with van der Waals surface area (Å²) >= 11 is 0. The van der Waals surface area contributed by atoms with Crippen molar-refractivity contribution in [1.29, 1.82) is 0 Å². The van der Waals surface area contributed by atoms with Gasteiger partial charge in [0.1, 0.15) is 0 Å². The van der Waals surface area contributed by atoms with E-state index in [2.05, 4.69) is 26.1 Å². The Bertz CT molecular complexity index is 290. The van der Waals surface area contributed by atoms with Crippen molar-refractivity contribution in [1.82, 2.24) is 5.32 Å². The Hall–Kier alpha value is -0.0800. The SMILES string of the molecule is CC(C)(C)C1CCCC(CN)(NCCC2CCC2)CC1. The normalized spacial score (nSPS) is 32.7. The molecule has 0 saturated heterocycles. The summed E-state index contributed by atoms with van der Waals surface area (Å²) in [5, 5.41) is 3.87. The molecular weight excluding hydrogens is 244 g/mol. The van der Waals surface area contributed by atoms with Crippen LogP contribution < -0.4 is 11.1 Å². The molecule has 2 rings (SSSR count). The van der Waals surface area contributed by atoms with Gasteiger partial charge in [0.05, 0.1) is 0 Å². The van der Waals surface area contributed by atoms with Crippen molar-refractivity contribution < 1.29 is 0 Å². The van der Waals surface area contributed by atoms with Gasteiger partial charge in [-0.05, 0) is 55.9 Å². The summed E-state index contributed by atoms with van der Waals surface area (Å²) in [5.74, 6) is 1.87. The highest BCUT2D eigenvalue weighted by atomic mass is 15.0. The molecule has 2 heteroatoms. The molecule has 2 fully saturated rings. The third kappa shape index (κ3) is 4.21. The first-order valence-electron chi connectivity index (χ1n) is 8.90. The summed E-state index contributed by atoms with van der Waals surface area (Å²) in [6.45, 7) is 9.20. The molecule has 2 aliphatic carbocycles. The number of hydrogen-bond donors (Lipinski definition) is 2. The van der Waals surface area contributed by atoms with Gasteiger partial charge in [0, 0.05) is 12.1 Å². The molecule has 20 heavy (non-hydrogen) atoms. The van der Waals surface area contributed by atoms with Crippen LogP contribution in [0.2, 0.25) is 0 Å². The smallest absolute Gasteiger partial charge is 0.0304 e. The molecule has 2 aliphatic rings. The van der Waals surface area contributed by atoms with Crippen LogP contribution in [0.15, 0.2) is 0 Å². The van der Waals surface area contributed by atoms with Crippen LogP contribution in [-0.4, -0.2) is 18.6 Å². The van der Waals surface area contributed by atoms with Crippen LogP contribution in [0, 0.1) is 17.3 Å². The van der Waals surface area contributed by atoms with Crippen LogP contribution in [-0.2, 0) is 0 Å². The van der Waals surface area contributed by atoms with Gasteiger partial charge in [-0.25, -0.2) is 0 Å². The summed E-state index contributed by atoms with van der Waals surface area (Å²) in [4.78, 5) is 0. The standard InChI is InChI=1S/C18H36N2/c1-17(2,3)16-8-5-11-18(14-19,12-9-16)20-13-10-15-6-4-7-15/h15-16,20H,4-14,19H2,1-3H3. The quantitative estimate of drug-likeness (QED) is 0.744. The van der Waals surface area contributed by atoms with Crippen LogP contribution in [0.5, 0.6) is 0 Å². The summed E-state index contributed by atoms with van der Waals surface area (Å²) in [6, 6.07) is 0. The van der Waals surface area contributed by atoms with Gasteiger partial charge in [-0.3, -0.25) is 0 Å². The highest BCUT2D eigenvalue weighted by Crippen LogP contribution is 2.39. The Morgan fingerprint density at radius 3 is 2.35 bits per heavy atom. The lowest BCUT2D eigenvalue weighted by molar-refractivity contribution is 0.204. The van der Waals surface area contributed by atoms with E-state index in [1.54, 1.807) is 0 Å². The second kappa shape index (κ2) is 6.79. The Morgan fingerprint density at radius 1 is 1.05 bits per heavy atom. The van der Waals surface area contributed by atoms with Crippen molar-refractivity contribution >= 4 is 0 Å². The molecule has 0 aromatic rings. The van der Waals surface area contributed by atoms with Gasteiger partial charge in [-0.1, -0.05) is 46.5 Å². The van der Waals surface area contributed by atoms with Crippen molar-refractivity contribution in [3.63, 3.8) is 0 Å². The van der Waals surface area contributed by atoms with E-state index in [1.165, 1.54) is 64.3 Å². The third-order valence-corrected chi connectivity index (χ3v) is 6.07. The Morgan fingerprint density at radius 2 is 1.80 bits per heavy atom. The second-order valence-corrected chi connectivity index (χ2v) is 8.49. The molecule has 0 bridgehead atoms. The van der Waals surface area contributed by atoms with Gasteiger partial charge in [0.2, 0.25) is 0 Å². The second-order valence-electron chi connectivity index (χ2n) is 8.49. The van der Waals surface area contributed by atoms with Crippen LogP contribution in [0.4, 0.5) is 0 Å². The molecule has 0 spiro atoms. The topological polar surface area (TPSA) is 38.0 Å². The molecule has 0 heterocycles. The van der Waals surface area contributed by atoms with E-state index < -0.39 is 0 Å². The Labute approximate surface area is 126 Å². The summed E-state index contributed by atoms with van der Waals surface area (Å²) in [7, 11) is 0. The molecule has 0 radical (unpaired) electrons. The maximum Gasteiger partial charge on any atom is 0.0304 e. The van der Waals surface area contributed by atoms with Crippen LogP contribution in [0.25, 0.3) is 0 Å². The fraction of sp³-hybridized carbons (Fsp3) is 1.00. The largest absolute Gasteiger partial charge is 0.329 e. The van der Waals surface area contributed by atoms with E-state index in [-0.39, 0.29) is 5.54 Å². The van der Waals surface area contributed by atoms with E-state index in [4.69, 9.17) is 5.73 Å². The van der Waals surface area contributed by atoms with E-state index in [0.717, 1.165) is 18.4 Å². The van der Waals surface area contributed by atoms with Crippen molar-refractivity contribution in [2.24, 2.45) is 23.0 Å². The zero-order valence-corrected chi connectivity index (χ0v) is 14.0. The van der Waals surface area contributed by atoms with Crippen molar-refractivity contribution in [2.45, 2.75) is 84.1 Å². The molecule has 0 amide bonds. The maximum absolute atomic E-state index is 6.16. The van der Waals surface area contributed by atoms with Crippen molar-refractivity contribution in [3.8, 4) is 0 Å². The summed E-state index contributed by atoms with van der Waals surface area (Å²) in [6.07, 6.45) is 12.4. The van der Waals surface area contributed by atoms with Crippen molar-refractivity contribution in [3.05, 3.63) is 0 Å². The van der Waals surface area contributed by atoms with Gasteiger partial charge in [-0.15, -0.1) is 0 Å². The fourth-order valence-electron chi connectivity index (χ4n) is 4.05. The van der Waals surface area contributed by atoms with E-state index in [9.17, 15) is 0 Å². The zero-order chi connectivity index (χ0) is 14.6. The van der Waals surface area contributed by atoms with Gasteiger partial charge in [0.15, 0.2) is 0 Å². The maximum atomic E-state index is 6.16. The lowest BCUT2D eigenvalue weighted by Crippen LogP contribution is -2.51. The lowest BCUT2D eigenvalue weighted by Gasteiger charge is -2.35. The lowest BCUT2D eigenvalue weighted by atomic mass is 9.76. The van der Waals surface area contributed by atoms with Gasteiger partial charge < -0.3 is 11.1 Å². The zero-order valence-electron chi connectivity index (χ0n) is 14.0. The number of nitrogens with two attached hydrogens (primary N) is 1. The molecule has 3 N–H and O–H groups in total. The fourth-order valence-corrected chi connectivity index (χ4v) is 4.05. The molecule has 2 unspecified atom stereocenters. The first-order valence-corrected chi connectivity index (χ1v) is 8.90. The molecule has 118 valence electrons. The van der Waals surface area contributed by atoms with Gasteiger partial charge in [-0.2, -0.15) is 0 Å². The molecule has 0 aromatic carbocycles. The highest BCUT2D eigenvalue weighted by Gasteiger charge is 2.35. The molecule has 2 atom stereocenters. The predicted molar refractivity (Wildman–Crippen MR) is 87.8 cm³/mol. The first kappa shape index (κ1) is 16.3. The van der Waals surface area contributed by atoms with E-state index >= 15 is 0 Å². The number of nitrogens with one attached hydrogen (secondary N) is 1.